The zero-order valence-corrected chi connectivity index (χ0v) is 15.7. The molecule has 27 heavy (non-hydrogen) atoms. The Morgan fingerprint density at radius 1 is 1.04 bits per heavy atom. The van der Waals surface area contributed by atoms with E-state index in [9.17, 15) is 4.79 Å². The molecule has 4 rings (SSSR count). The summed E-state index contributed by atoms with van der Waals surface area (Å²) in [6.07, 6.45) is 3.64. The third kappa shape index (κ3) is 3.25. The summed E-state index contributed by atoms with van der Waals surface area (Å²) in [5.74, 6) is 0.739. The molecule has 0 spiro atoms. The van der Waals surface area contributed by atoms with Gasteiger partial charge in [0, 0.05) is 6.42 Å². The summed E-state index contributed by atoms with van der Waals surface area (Å²) in [7, 11) is 0. The minimum Gasteiger partial charge on any atom is -0.274 e. The first-order valence-electron chi connectivity index (χ1n) is 9.52. The number of carbonyl (C=O) groups excluding carboxylic acids is 1. The van der Waals surface area contributed by atoms with E-state index in [0.29, 0.717) is 12.4 Å². The maximum atomic E-state index is 13.0. The van der Waals surface area contributed by atoms with Crippen molar-refractivity contribution in [2.24, 2.45) is 0 Å². The lowest BCUT2D eigenvalue weighted by Crippen LogP contribution is -2.42. The van der Waals surface area contributed by atoms with Crippen LogP contribution in [0.15, 0.2) is 60.9 Å². The molecule has 2 aromatic carbocycles. The number of carbonyl (C=O) groups is 1. The van der Waals surface area contributed by atoms with Crippen LogP contribution in [0.3, 0.4) is 0 Å². The highest BCUT2D eigenvalue weighted by atomic mass is 16.2. The largest absolute Gasteiger partial charge is 0.274 e. The van der Waals surface area contributed by atoms with Gasteiger partial charge in [-0.05, 0) is 30.9 Å². The molecule has 0 aliphatic carbocycles. The first-order chi connectivity index (χ1) is 13.2. The van der Waals surface area contributed by atoms with Crippen molar-refractivity contribution in [2.75, 3.05) is 4.90 Å². The number of amides is 1. The molecule has 3 aromatic rings. The van der Waals surface area contributed by atoms with Crippen LogP contribution in [0.4, 0.5) is 5.95 Å². The highest BCUT2D eigenvalue weighted by Crippen LogP contribution is 2.42. The molecule has 0 saturated carbocycles. The molecule has 1 aromatic heterocycles. The van der Waals surface area contributed by atoms with Gasteiger partial charge in [-0.15, -0.1) is 0 Å². The second kappa shape index (κ2) is 7.35. The molecule has 0 radical (unpaired) electrons. The fourth-order valence-corrected chi connectivity index (χ4v) is 3.84. The highest BCUT2D eigenvalue weighted by molar-refractivity contribution is 5.92. The summed E-state index contributed by atoms with van der Waals surface area (Å²) < 4.78 is 1.90. The number of rotatable bonds is 4. The maximum absolute atomic E-state index is 13.0. The predicted molar refractivity (Wildman–Crippen MR) is 106 cm³/mol. The van der Waals surface area contributed by atoms with Gasteiger partial charge in [-0.1, -0.05) is 67.1 Å². The van der Waals surface area contributed by atoms with Crippen molar-refractivity contribution in [3.05, 3.63) is 77.6 Å². The Labute approximate surface area is 159 Å². The minimum absolute atomic E-state index is 0.0495. The summed E-state index contributed by atoms with van der Waals surface area (Å²) >= 11 is 0. The van der Waals surface area contributed by atoms with E-state index in [1.54, 1.807) is 6.33 Å². The van der Waals surface area contributed by atoms with Crippen molar-refractivity contribution in [2.45, 2.75) is 45.2 Å². The molecule has 0 N–H and O–H groups in total. The molecule has 2 heterocycles. The van der Waals surface area contributed by atoms with Crippen LogP contribution in [-0.2, 0) is 4.79 Å². The number of benzene rings is 2. The average molecular weight is 360 g/mol. The van der Waals surface area contributed by atoms with Crippen LogP contribution >= 0.6 is 0 Å². The standard InChI is InChI=1S/C22H24N4O/c1-3-7-21(27)25-19(18-12-10-16(2)11-13-18)14-20(17-8-5-4-6-9-17)26-22(25)23-15-24-26/h4-6,8-13,15,19-20H,3,7,14H2,1-2H3/t19-,20+/m0/s1. The van der Waals surface area contributed by atoms with E-state index in [1.165, 1.54) is 11.1 Å². The number of anilines is 1. The lowest BCUT2D eigenvalue weighted by molar-refractivity contribution is -0.119. The van der Waals surface area contributed by atoms with Crippen molar-refractivity contribution >= 4 is 11.9 Å². The van der Waals surface area contributed by atoms with E-state index < -0.39 is 0 Å². The Morgan fingerprint density at radius 2 is 1.74 bits per heavy atom. The fourth-order valence-electron chi connectivity index (χ4n) is 3.84. The number of nitrogens with zero attached hydrogens (tertiary/aromatic N) is 4. The maximum Gasteiger partial charge on any atom is 0.231 e. The zero-order valence-electron chi connectivity index (χ0n) is 15.7. The van der Waals surface area contributed by atoms with Gasteiger partial charge < -0.3 is 0 Å². The van der Waals surface area contributed by atoms with Crippen LogP contribution in [-0.4, -0.2) is 20.7 Å². The monoisotopic (exact) mass is 360 g/mol. The number of aromatic nitrogens is 3. The molecule has 1 amide bonds. The quantitative estimate of drug-likeness (QED) is 0.690. The molecular formula is C22H24N4O. The zero-order chi connectivity index (χ0) is 18.8. The van der Waals surface area contributed by atoms with Crippen LogP contribution in [0.5, 0.6) is 0 Å². The Kier molecular flexibility index (Phi) is 4.75. The van der Waals surface area contributed by atoms with E-state index >= 15 is 0 Å². The second-order valence-electron chi connectivity index (χ2n) is 7.11. The number of hydrogen-bond donors (Lipinski definition) is 0. The molecule has 5 heteroatoms. The first-order valence-corrected chi connectivity index (χ1v) is 9.52. The van der Waals surface area contributed by atoms with Gasteiger partial charge in [0.15, 0.2) is 0 Å². The normalized spacial score (nSPS) is 19.0. The second-order valence-corrected chi connectivity index (χ2v) is 7.11. The van der Waals surface area contributed by atoms with Gasteiger partial charge in [-0.2, -0.15) is 10.1 Å². The van der Waals surface area contributed by atoms with E-state index in [-0.39, 0.29) is 18.0 Å². The summed E-state index contributed by atoms with van der Waals surface area (Å²) in [6.45, 7) is 4.11. The van der Waals surface area contributed by atoms with Gasteiger partial charge in [-0.25, -0.2) is 4.68 Å². The van der Waals surface area contributed by atoms with Gasteiger partial charge in [0.25, 0.3) is 0 Å². The summed E-state index contributed by atoms with van der Waals surface area (Å²) in [4.78, 5) is 19.3. The van der Waals surface area contributed by atoms with E-state index in [1.807, 2.05) is 34.7 Å². The van der Waals surface area contributed by atoms with Crippen molar-refractivity contribution in [3.63, 3.8) is 0 Å². The topological polar surface area (TPSA) is 51.0 Å². The van der Waals surface area contributed by atoms with E-state index in [4.69, 9.17) is 0 Å². The first kappa shape index (κ1) is 17.5. The van der Waals surface area contributed by atoms with Gasteiger partial charge in [0.2, 0.25) is 11.9 Å². The minimum atomic E-state index is -0.0495. The summed E-state index contributed by atoms with van der Waals surface area (Å²) in [5, 5.41) is 4.46. The number of fused-ring (bicyclic) bond motifs is 1. The lowest BCUT2D eigenvalue weighted by atomic mass is 9.91. The van der Waals surface area contributed by atoms with Gasteiger partial charge in [-0.3, -0.25) is 9.69 Å². The van der Waals surface area contributed by atoms with Crippen molar-refractivity contribution in [3.8, 4) is 0 Å². The van der Waals surface area contributed by atoms with Crippen molar-refractivity contribution in [1.82, 2.24) is 14.8 Å². The van der Waals surface area contributed by atoms with Crippen LogP contribution < -0.4 is 4.90 Å². The Morgan fingerprint density at radius 3 is 2.44 bits per heavy atom. The summed E-state index contributed by atoms with van der Waals surface area (Å²) in [6, 6.07) is 18.8. The molecule has 0 unspecified atom stereocenters. The van der Waals surface area contributed by atoms with E-state index in [2.05, 4.69) is 53.4 Å². The van der Waals surface area contributed by atoms with Crippen LogP contribution in [0.2, 0.25) is 0 Å². The highest BCUT2D eigenvalue weighted by Gasteiger charge is 2.38. The third-order valence-electron chi connectivity index (χ3n) is 5.20. The molecule has 0 bridgehead atoms. The molecule has 2 atom stereocenters. The third-order valence-corrected chi connectivity index (χ3v) is 5.20. The molecule has 0 saturated heterocycles. The van der Waals surface area contributed by atoms with Crippen LogP contribution in [0.1, 0.15) is 55.0 Å². The van der Waals surface area contributed by atoms with Gasteiger partial charge in [0.1, 0.15) is 6.33 Å². The lowest BCUT2D eigenvalue weighted by Gasteiger charge is -2.39. The molecular weight excluding hydrogens is 336 g/mol. The van der Waals surface area contributed by atoms with E-state index in [0.717, 1.165) is 18.4 Å². The Hall–Kier alpha value is -2.95. The van der Waals surface area contributed by atoms with Gasteiger partial charge >= 0.3 is 0 Å². The van der Waals surface area contributed by atoms with Crippen LogP contribution in [0.25, 0.3) is 0 Å². The SMILES string of the molecule is CCCC(=O)N1c2ncnn2[C@@H](c2ccccc2)C[C@H]1c1ccc(C)cc1. The average Bonchev–Trinajstić information content (AvgIpc) is 3.18. The van der Waals surface area contributed by atoms with Crippen LogP contribution in [0, 0.1) is 6.92 Å². The Balaban J connectivity index is 1.82. The molecule has 1 aliphatic heterocycles. The Bertz CT molecular complexity index is 917. The van der Waals surface area contributed by atoms with Gasteiger partial charge in [0.05, 0.1) is 12.1 Å². The van der Waals surface area contributed by atoms with Crippen molar-refractivity contribution < 1.29 is 4.79 Å². The molecule has 1 aliphatic rings. The molecule has 5 nitrogen and oxygen atoms in total. The van der Waals surface area contributed by atoms with Crippen molar-refractivity contribution in [1.29, 1.82) is 0 Å². The number of hydrogen-bond acceptors (Lipinski definition) is 3. The molecule has 138 valence electrons. The predicted octanol–water partition coefficient (Wildman–Crippen LogP) is 4.45. The summed E-state index contributed by atoms with van der Waals surface area (Å²) in [5.41, 5.74) is 3.54. The number of aryl methyl sites for hydroxylation is 1. The smallest absolute Gasteiger partial charge is 0.231 e. The molecule has 0 fully saturated rings. The fraction of sp³-hybridized carbons (Fsp3) is 0.318.